The molecule has 1 aromatic heterocycles. The number of benzene rings is 1. The highest BCUT2D eigenvalue weighted by Gasteiger charge is 2.12. The normalized spacial score (nSPS) is 10.3. The van der Waals surface area contributed by atoms with Crippen molar-refractivity contribution in [2.45, 2.75) is 6.42 Å². The van der Waals surface area contributed by atoms with Gasteiger partial charge in [-0.2, -0.15) is 0 Å². The Morgan fingerprint density at radius 1 is 1.33 bits per heavy atom. The van der Waals surface area contributed by atoms with Crippen LogP contribution < -0.4 is 0 Å². The average Bonchev–Trinajstić information content (AvgIpc) is 2.88. The molecule has 0 radical (unpaired) electrons. The zero-order chi connectivity index (χ0) is 13.0. The molecule has 1 aromatic carbocycles. The number of carbonyl (C=O) groups is 1. The van der Waals surface area contributed by atoms with Crippen molar-refractivity contribution in [2.24, 2.45) is 0 Å². The molecule has 0 unspecified atom stereocenters. The smallest absolute Gasteiger partial charge is 0.253 e. The number of rotatable bonds is 4. The second-order valence-electron chi connectivity index (χ2n) is 4.07. The van der Waals surface area contributed by atoms with Crippen LogP contribution in [0, 0.1) is 5.82 Å². The summed E-state index contributed by atoms with van der Waals surface area (Å²) in [6.07, 6.45) is 2.24. The predicted octanol–water partition coefficient (Wildman–Crippen LogP) is 2.73. The van der Waals surface area contributed by atoms with Gasteiger partial charge < -0.3 is 9.32 Å². The standard InChI is InChI=1S/C14H14FNO2/c1-16(8-7-13-6-3-9-18-13)14(17)11-4-2-5-12(15)10-11/h2-6,9-10H,7-8H2,1H3. The Morgan fingerprint density at radius 2 is 2.17 bits per heavy atom. The molecule has 0 fully saturated rings. The van der Waals surface area contributed by atoms with Crippen molar-refractivity contribution in [3.8, 4) is 0 Å². The summed E-state index contributed by atoms with van der Waals surface area (Å²) < 4.78 is 18.2. The highest BCUT2D eigenvalue weighted by atomic mass is 19.1. The van der Waals surface area contributed by atoms with Crippen molar-refractivity contribution < 1.29 is 13.6 Å². The first kappa shape index (κ1) is 12.4. The lowest BCUT2D eigenvalue weighted by molar-refractivity contribution is 0.0794. The first-order valence-corrected chi connectivity index (χ1v) is 5.70. The van der Waals surface area contributed by atoms with Gasteiger partial charge in [-0.3, -0.25) is 4.79 Å². The molecular weight excluding hydrogens is 233 g/mol. The lowest BCUT2D eigenvalue weighted by atomic mass is 10.2. The van der Waals surface area contributed by atoms with Gasteiger partial charge in [-0.15, -0.1) is 0 Å². The summed E-state index contributed by atoms with van der Waals surface area (Å²) in [6.45, 7) is 0.531. The molecule has 0 saturated heterocycles. The van der Waals surface area contributed by atoms with Gasteiger partial charge >= 0.3 is 0 Å². The van der Waals surface area contributed by atoms with E-state index in [9.17, 15) is 9.18 Å². The number of halogens is 1. The molecule has 0 aliphatic rings. The quantitative estimate of drug-likeness (QED) is 0.832. The van der Waals surface area contributed by atoms with Crippen LogP contribution in [-0.4, -0.2) is 24.4 Å². The van der Waals surface area contributed by atoms with E-state index in [4.69, 9.17) is 4.42 Å². The van der Waals surface area contributed by atoms with Crippen LogP contribution >= 0.6 is 0 Å². The molecule has 4 heteroatoms. The first-order chi connectivity index (χ1) is 8.66. The van der Waals surface area contributed by atoms with Crippen molar-refractivity contribution in [2.75, 3.05) is 13.6 Å². The third kappa shape index (κ3) is 2.97. The van der Waals surface area contributed by atoms with Crippen LogP contribution in [0.5, 0.6) is 0 Å². The second-order valence-corrected chi connectivity index (χ2v) is 4.07. The van der Waals surface area contributed by atoms with Gasteiger partial charge in [0, 0.05) is 25.6 Å². The van der Waals surface area contributed by atoms with Gasteiger partial charge in [0.2, 0.25) is 0 Å². The maximum atomic E-state index is 13.0. The lowest BCUT2D eigenvalue weighted by Crippen LogP contribution is -2.28. The Morgan fingerprint density at radius 3 is 2.83 bits per heavy atom. The fraction of sp³-hybridized carbons (Fsp3) is 0.214. The predicted molar refractivity (Wildman–Crippen MR) is 65.8 cm³/mol. The van der Waals surface area contributed by atoms with Crippen LogP contribution in [0.25, 0.3) is 0 Å². The summed E-state index contributed by atoms with van der Waals surface area (Å²) >= 11 is 0. The Kier molecular flexibility index (Phi) is 3.77. The summed E-state index contributed by atoms with van der Waals surface area (Å²) in [6, 6.07) is 9.37. The molecule has 18 heavy (non-hydrogen) atoms. The van der Waals surface area contributed by atoms with Gasteiger partial charge in [-0.25, -0.2) is 4.39 Å². The minimum atomic E-state index is -0.403. The summed E-state index contributed by atoms with van der Waals surface area (Å²) in [5.74, 6) is 0.232. The van der Waals surface area contributed by atoms with E-state index in [-0.39, 0.29) is 5.91 Å². The van der Waals surface area contributed by atoms with E-state index in [0.717, 1.165) is 5.76 Å². The largest absolute Gasteiger partial charge is 0.469 e. The molecule has 0 bridgehead atoms. The molecule has 0 N–H and O–H groups in total. The van der Waals surface area contributed by atoms with E-state index in [1.54, 1.807) is 24.3 Å². The maximum absolute atomic E-state index is 13.0. The van der Waals surface area contributed by atoms with Gasteiger partial charge in [-0.1, -0.05) is 6.07 Å². The molecule has 0 spiro atoms. The summed E-state index contributed by atoms with van der Waals surface area (Å²) in [5.41, 5.74) is 0.358. The first-order valence-electron chi connectivity index (χ1n) is 5.70. The van der Waals surface area contributed by atoms with Crippen LogP contribution in [0.2, 0.25) is 0 Å². The van der Waals surface area contributed by atoms with Gasteiger partial charge in [0.05, 0.1) is 6.26 Å². The number of likely N-dealkylation sites (N-methyl/N-ethyl adjacent to an activating group) is 1. The molecule has 94 valence electrons. The summed E-state index contributed by atoms with van der Waals surface area (Å²) in [7, 11) is 1.69. The number of carbonyl (C=O) groups excluding carboxylic acids is 1. The number of furan rings is 1. The van der Waals surface area contributed by atoms with Gasteiger partial charge in [0.25, 0.3) is 5.91 Å². The Balaban J connectivity index is 1.96. The molecule has 0 aliphatic heterocycles. The lowest BCUT2D eigenvalue weighted by Gasteiger charge is -2.16. The summed E-state index contributed by atoms with van der Waals surface area (Å²) in [5, 5.41) is 0. The molecule has 3 nitrogen and oxygen atoms in total. The maximum Gasteiger partial charge on any atom is 0.253 e. The van der Waals surface area contributed by atoms with Gasteiger partial charge in [0.15, 0.2) is 0 Å². The highest BCUT2D eigenvalue weighted by molar-refractivity contribution is 5.94. The van der Waals surface area contributed by atoms with Crippen LogP contribution in [0.1, 0.15) is 16.1 Å². The number of hydrogen-bond donors (Lipinski definition) is 0. The Hall–Kier alpha value is -2.10. The summed E-state index contributed by atoms with van der Waals surface area (Å²) in [4.78, 5) is 13.5. The van der Waals surface area contributed by atoms with Crippen LogP contribution in [0.4, 0.5) is 4.39 Å². The van der Waals surface area contributed by atoms with Gasteiger partial charge in [-0.05, 0) is 30.3 Å². The van der Waals surface area contributed by atoms with Crippen molar-refractivity contribution in [3.05, 3.63) is 59.8 Å². The van der Waals surface area contributed by atoms with Crippen molar-refractivity contribution in [3.63, 3.8) is 0 Å². The van der Waals surface area contributed by atoms with Crippen LogP contribution in [0.3, 0.4) is 0 Å². The fourth-order valence-electron chi connectivity index (χ4n) is 1.68. The molecule has 0 atom stereocenters. The number of amides is 1. The molecular formula is C14H14FNO2. The molecule has 2 rings (SSSR count). The van der Waals surface area contributed by atoms with E-state index in [0.29, 0.717) is 18.5 Å². The van der Waals surface area contributed by atoms with E-state index < -0.39 is 5.82 Å². The highest BCUT2D eigenvalue weighted by Crippen LogP contribution is 2.08. The van der Waals surface area contributed by atoms with E-state index >= 15 is 0 Å². The minimum Gasteiger partial charge on any atom is -0.469 e. The van der Waals surface area contributed by atoms with Crippen molar-refractivity contribution >= 4 is 5.91 Å². The Labute approximate surface area is 105 Å². The zero-order valence-corrected chi connectivity index (χ0v) is 10.1. The van der Waals surface area contributed by atoms with Gasteiger partial charge in [0.1, 0.15) is 11.6 Å². The third-order valence-electron chi connectivity index (χ3n) is 2.69. The van der Waals surface area contributed by atoms with E-state index in [2.05, 4.69) is 0 Å². The minimum absolute atomic E-state index is 0.193. The Bertz CT molecular complexity index is 522. The number of nitrogens with zero attached hydrogens (tertiary/aromatic N) is 1. The topological polar surface area (TPSA) is 33.5 Å². The van der Waals surface area contributed by atoms with Crippen molar-refractivity contribution in [1.29, 1.82) is 0 Å². The number of hydrogen-bond acceptors (Lipinski definition) is 2. The molecule has 1 heterocycles. The molecule has 2 aromatic rings. The van der Waals surface area contributed by atoms with Crippen LogP contribution in [0.15, 0.2) is 47.1 Å². The molecule has 0 saturated carbocycles. The second kappa shape index (κ2) is 5.49. The van der Waals surface area contributed by atoms with E-state index in [1.807, 2.05) is 12.1 Å². The molecule has 1 amide bonds. The monoisotopic (exact) mass is 247 g/mol. The molecule has 0 aliphatic carbocycles. The third-order valence-corrected chi connectivity index (χ3v) is 2.69. The van der Waals surface area contributed by atoms with Crippen molar-refractivity contribution in [1.82, 2.24) is 4.90 Å². The fourth-order valence-corrected chi connectivity index (χ4v) is 1.68. The van der Waals surface area contributed by atoms with E-state index in [1.165, 1.54) is 18.2 Å². The average molecular weight is 247 g/mol. The zero-order valence-electron chi connectivity index (χ0n) is 10.1. The van der Waals surface area contributed by atoms with Crippen LogP contribution in [-0.2, 0) is 6.42 Å². The SMILES string of the molecule is CN(CCc1ccco1)C(=O)c1cccc(F)c1.